The summed E-state index contributed by atoms with van der Waals surface area (Å²) in [7, 11) is 0. The van der Waals surface area contributed by atoms with Crippen LogP contribution in [0.4, 0.5) is 0 Å². The van der Waals surface area contributed by atoms with E-state index >= 15 is 0 Å². The molecular weight excluding hydrogens is 947 g/mol. The van der Waals surface area contributed by atoms with Crippen LogP contribution in [0.3, 0.4) is 0 Å². The van der Waals surface area contributed by atoms with Crippen LogP contribution in [0.2, 0.25) is 0 Å². The molecule has 7 atom stereocenters. The van der Waals surface area contributed by atoms with E-state index in [0.29, 0.717) is 12.8 Å². The third-order valence-corrected chi connectivity index (χ3v) is 14.1. The molecule has 0 aromatic carbocycles. The summed E-state index contributed by atoms with van der Waals surface area (Å²) in [5, 5.41) is 54.7. The zero-order chi connectivity index (χ0) is 55.0. The molecule has 7 unspecified atom stereocenters. The maximum absolute atomic E-state index is 13.1. The van der Waals surface area contributed by atoms with Gasteiger partial charge in [0.15, 0.2) is 6.29 Å². The minimum Gasteiger partial charge on any atom is -0.394 e. The van der Waals surface area contributed by atoms with Gasteiger partial charge in [0.2, 0.25) is 5.91 Å². The highest BCUT2D eigenvalue weighted by Crippen LogP contribution is 2.23. The Morgan fingerprint density at radius 2 is 0.816 bits per heavy atom. The molecule has 436 valence electrons. The van der Waals surface area contributed by atoms with Gasteiger partial charge in [-0.15, -0.1) is 0 Å². The van der Waals surface area contributed by atoms with Crippen LogP contribution in [-0.2, 0) is 14.3 Å². The van der Waals surface area contributed by atoms with Gasteiger partial charge in [-0.25, -0.2) is 0 Å². The topological polar surface area (TPSA) is 149 Å². The van der Waals surface area contributed by atoms with E-state index in [0.717, 1.165) is 109 Å². The highest BCUT2D eigenvalue weighted by atomic mass is 16.7. The number of carbonyl (C=O) groups excluding carboxylic acids is 1. The molecule has 1 amide bonds. The predicted molar refractivity (Wildman–Crippen MR) is 322 cm³/mol. The lowest BCUT2D eigenvalue weighted by molar-refractivity contribution is -0.302. The van der Waals surface area contributed by atoms with Gasteiger partial charge in [-0.3, -0.25) is 4.79 Å². The van der Waals surface area contributed by atoms with Crippen LogP contribution in [0, 0.1) is 0 Å². The molecular formula is C67H115NO8. The third-order valence-electron chi connectivity index (χ3n) is 14.1. The average Bonchev–Trinajstić information content (AvgIpc) is 3.42. The van der Waals surface area contributed by atoms with E-state index in [1.165, 1.54) is 116 Å². The van der Waals surface area contributed by atoms with Crippen molar-refractivity contribution in [3.63, 3.8) is 0 Å². The quantitative estimate of drug-likeness (QED) is 0.0261. The van der Waals surface area contributed by atoms with Gasteiger partial charge < -0.3 is 40.3 Å². The molecule has 1 rings (SSSR count). The first-order chi connectivity index (χ1) is 37.3. The number of hydrogen-bond acceptors (Lipinski definition) is 8. The number of unbranched alkanes of at least 4 members (excludes halogenated alkanes) is 24. The number of carbonyl (C=O) groups is 1. The number of allylic oxidation sites excluding steroid dienone is 18. The molecule has 0 aromatic rings. The van der Waals surface area contributed by atoms with Crippen LogP contribution in [-0.4, -0.2) is 87.5 Å². The summed E-state index contributed by atoms with van der Waals surface area (Å²) in [6.07, 6.45) is 74.0. The zero-order valence-corrected chi connectivity index (χ0v) is 48.5. The van der Waals surface area contributed by atoms with Crippen LogP contribution in [0.15, 0.2) is 109 Å². The van der Waals surface area contributed by atoms with E-state index in [2.05, 4.69) is 129 Å². The molecule has 1 aliphatic heterocycles. The lowest BCUT2D eigenvalue weighted by Gasteiger charge is -2.40. The SMILES string of the molecule is CC/C=C\C/C=C\C/C=C\C/C=C\C/C=C\C/C=C\C/C=C\C/C=C\C/C=C\CCCCCCCCCC(=O)NC(COC1OC(CO)C(O)C(O)C1O)C(O)CCCCCCCCCCCCCCCCCCCC. The minimum atomic E-state index is -1.56. The van der Waals surface area contributed by atoms with Crippen LogP contribution < -0.4 is 5.32 Å². The second kappa shape index (κ2) is 55.2. The summed E-state index contributed by atoms with van der Waals surface area (Å²) in [5.74, 6) is -0.158. The number of ether oxygens (including phenoxy) is 2. The van der Waals surface area contributed by atoms with Crippen molar-refractivity contribution in [1.29, 1.82) is 0 Å². The summed E-state index contributed by atoms with van der Waals surface area (Å²) < 4.78 is 11.3. The fraction of sp³-hybridized carbons (Fsp3) is 0.716. The van der Waals surface area contributed by atoms with Gasteiger partial charge in [-0.1, -0.05) is 271 Å². The summed E-state index contributed by atoms with van der Waals surface area (Å²) in [4.78, 5) is 13.1. The van der Waals surface area contributed by atoms with Crippen LogP contribution >= 0.6 is 0 Å². The standard InChI is InChI=1S/C67H115NO8/c1-3-5-7-9-11-13-15-17-19-21-23-24-25-26-27-28-29-30-31-32-33-34-35-36-37-38-39-41-43-45-47-49-51-53-55-57-63(71)68-60(59-75-67-66(74)65(73)64(72)62(58-69)76-67)61(70)56-54-52-50-48-46-44-42-40-22-20-18-16-14-12-10-8-6-4-2/h5,7,11,13,17,19,23-24,26-27,29-30,32-33,35-36,38-39,60-62,64-67,69-70,72-74H,3-4,6,8-10,12,14-16,18,20-22,25,28,31,34,37,40-59H2,1-2H3,(H,68,71)/b7-5-,13-11-,19-17-,24-23-,27-26-,30-29-,33-32-,36-35-,39-38-. The van der Waals surface area contributed by atoms with Crippen molar-refractivity contribution in [3.8, 4) is 0 Å². The lowest BCUT2D eigenvalue weighted by Crippen LogP contribution is -2.60. The van der Waals surface area contributed by atoms with Crippen LogP contribution in [0.1, 0.15) is 251 Å². The number of nitrogens with one attached hydrogen (secondary N) is 1. The van der Waals surface area contributed by atoms with E-state index < -0.39 is 49.5 Å². The molecule has 0 aliphatic carbocycles. The molecule has 1 heterocycles. The Kier molecular flexibility index (Phi) is 51.4. The summed E-state index contributed by atoms with van der Waals surface area (Å²) in [6, 6.07) is -0.733. The largest absolute Gasteiger partial charge is 0.394 e. The molecule has 76 heavy (non-hydrogen) atoms. The highest BCUT2D eigenvalue weighted by Gasteiger charge is 2.44. The Bertz CT molecular complexity index is 1560. The maximum Gasteiger partial charge on any atom is 0.220 e. The van der Waals surface area contributed by atoms with Crippen molar-refractivity contribution in [2.75, 3.05) is 13.2 Å². The molecule has 1 fully saturated rings. The van der Waals surface area contributed by atoms with Gasteiger partial charge in [-0.05, 0) is 83.5 Å². The highest BCUT2D eigenvalue weighted by molar-refractivity contribution is 5.76. The summed E-state index contributed by atoms with van der Waals surface area (Å²) >= 11 is 0. The number of amides is 1. The van der Waals surface area contributed by atoms with Crippen molar-refractivity contribution in [2.24, 2.45) is 0 Å². The van der Waals surface area contributed by atoms with Crippen molar-refractivity contribution in [2.45, 2.75) is 294 Å². The second-order valence-electron chi connectivity index (χ2n) is 21.1. The van der Waals surface area contributed by atoms with Crippen molar-refractivity contribution < 1.29 is 39.8 Å². The molecule has 9 nitrogen and oxygen atoms in total. The molecule has 0 saturated carbocycles. The van der Waals surface area contributed by atoms with E-state index in [4.69, 9.17) is 9.47 Å². The average molecular weight is 1060 g/mol. The van der Waals surface area contributed by atoms with E-state index in [1.54, 1.807) is 0 Å². The molecule has 6 N–H and O–H groups in total. The zero-order valence-electron chi connectivity index (χ0n) is 48.5. The molecule has 0 bridgehead atoms. The Hall–Kier alpha value is -3.15. The van der Waals surface area contributed by atoms with Gasteiger partial charge in [0.05, 0.1) is 25.4 Å². The van der Waals surface area contributed by atoms with Crippen molar-refractivity contribution in [3.05, 3.63) is 109 Å². The fourth-order valence-electron chi connectivity index (χ4n) is 9.27. The summed E-state index contributed by atoms with van der Waals surface area (Å²) in [5.41, 5.74) is 0. The second-order valence-corrected chi connectivity index (χ2v) is 21.1. The van der Waals surface area contributed by atoms with Gasteiger partial charge >= 0.3 is 0 Å². The Labute approximate surface area is 466 Å². The van der Waals surface area contributed by atoms with Crippen molar-refractivity contribution >= 4 is 5.91 Å². The number of aliphatic hydroxyl groups is 5. The maximum atomic E-state index is 13.1. The van der Waals surface area contributed by atoms with E-state index in [-0.39, 0.29) is 12.5 Å². The van der Waals surface area contributed by atoms with Gasteiger partial charge in [0.25, 0.3) is 0 Å². The number of rotatable bonds is 52. The van der Waals surface area contributed by atoms with Crippen LogP contribution in [0.25, 0.3) is 0 Å². The molecule has 0 aromatic heterocycles. The van der Waals surface area contributed by atoms with Crippen LogP contribution in [0.5, 0.6) is 0 Å². The first kappa shape index (κ1) is 70.9. The van der Waals surface area contributed by atoms with Crippen molar-refractivity contribution in [1.82, 2.24) is 5.32 Å². The third kappa shape index (κ3) is 43.8. The Morgan fingerprint density at radius 3 is 1.21 bits per heavy atom. The predicted octanol–water partition coefficient (Wildman–Crippen LogP) is 16.1. The number of aliphatic hydroxyl groups excluding tert-OH is 5. The van der Waals surface area contributed by atoms with E-state index in [1.807, 2.05) is 0 Å². The monoisotopic (exact) mass is 1060 g/mol. The summed E-state index contributed by atoms with van der Waals surface area (Å²) in [6.45, 7) is 3.73. The Morgan fingerprint density at radius 1 is 0.461 bits per heavy atom. The first-order valence-electron chi connectivity index (χ1n) is 31.1. The molecule has 0 spiro atoms. The smallest absolute Gasteiger partial charge is 0.220 e. The normalized spacial score (nSPS) is 19.6. The number of hydrogen-bond donors (Lipinski definition) is 6. The van der Waals surface area contributed by atoms with Gasteiger partial charge in [0.1, 0.15) is 24.4 Å². The van der Waals surface area contributed by atoms with E-state index in [9.17, 15) is 30.3 Å². The molecule has 1 aliphatic rings. The lowest BCUT2D eigenvalue weighted by atomic mass is 9.99. The molecule has 9 heteroatoms. The molecule has 0 radical (unpaired) electrons. The minimum absolute atomic E-state index is 0.148. The van der Waals surface area contributed by atoms with Gasteiger partial charge in [0, 0.05) is 6.42 Å². The molecule has 1 saturated heterocycles. The fourth-order valence-corrected chi connectivity index (χ4v) is 9.27. The van der Waals surface area contributed by atoms with Gasteiger partial charge in [-0.2, -0.15) is 0 Å². The Balaban J connectivity index is 2.19. The first-order valence-corrected chi connectivity index (χ1v) is 31.1.